The Kier molecular flexibility index (Phi) is 6.92. The largest absolute Gasteiger partial charge is 0.491 e. The van der Waals surface area contributed by atoms with Crippen molar-refractivity contribution in [2.45, 2.75) is 20.0 Å². The van der Waals surface area contributed by atoms with Gasteiger partial charge in [0.1, 0.15) is 19.0 Å². The summed E-state index contributed by atoms with van der Waals surface area (Å²) in [5, 5.41) is 2.75. The molecule has 0 bridgehead atoms. The molecule has 0 radical (unpaired) electrons. The summed E-state index contributed by atoms with van der Waals surface area (Å²) < 4.78 is 15.6. The van der Waals surface area contributed by atoms with Crippen molar-refractivity contribution < 1.29 is 19.0 Å². The Morgan fingerprint density at radius 2 is 2.11 bits per heavy atom. The van der Waals surface area contributed by atoms with E-state index in [9.17, 15) is 4.79 Å². The standard InChI is InChI=1S/C14H21NO4/c1-11(2)19-10-14(16)15-12-5-4-6-13(9-12)18-8-7-17-3/h4-6,9,11H,7-8,10H2,1-3H3,(H,15,16). The number of carbonyl (C=O) groups is 1. The van der Waals surface area contributed by atoms with Gasteiger partial charge >= 0.3 is 0 Å². The molecule has 0 heterocycles. The van der Waals surface area contributed by atoms with Gasteiger partial charge in [0.25, 0.3) is 0 Å². The quantitative estimate of drug-likeness (QED) is 0.733. The number of methoxy groups -OCH3 is 1. The van der Waals surface area contributed by atoms with E-state index in [1.165, 1.54) is 0 Å². The lowest BCUT2D eigenvalue weighted by Gasteiger charge is -2.10. The predicted octanol–water partition coefficient (Wildman–Crippen LogP) is 2.08. The van der Waals surface area contributed by atoms with E-state index >= 15 is 0 Å². The lowest BCUT2D eigenvalue weighted by molar-refractivity contribution is -0.121. The van der Waals surface area contributed by atoms with Crippen molar-refractivity contribution in [2.24, 2.45) is 0 Å². The predicted molar refractivity (Wildman–Crippen MR) is 73.5 cm³/mol. The third kappa shape index (κ3) is 6.79. The molecule has 1 aromatic carbocycles. The van der Waals surface area contributed by atoms with Gasteiger partial charge in [-0.15, -0.1) is 0 Å². The molecule has 0 aliphatic heterocycles. The SMILES string of the molecule is COCCOc1cccc(NC(=O)COC(C)C)c1. The fourth-order valence-electron chi connectivity index (χ4n) is 1.35. The molecule has 0 saturated carbocycles. The van der Waals surface area contributed by atoms with E-state index < -0.39 is 0 Å². The number of nitrogens with one attached hydrogen (secondary N) is 1. The molecule has 5 nitrogen and oxygen atoms in total. The van der Waals surface area contributed by atoms with Gasteiger partial charge in [0, 0.05) is 18.9 Å². The highest BCUT2D eigenvalue weighted by Gasteiger charge is 2.04. The van der Waals surface area contributed by atoms with Crippen LogP contribution in [0.5, 0.6) is 5.75 Å². The highest BCUT2D eigenvalue weighted by molar-refractivity contribution is 5.91. The van der Waals surface area contributed by atoms with Crippen LogP contribution < -0.4 is 10.1 Å². The van der Waals surface area contributed by atoms with Crippen LogP contribution in [0.1, 0.15) is 13.8 Å². The first-order valence-electron chi connectivity index (χ1n) is 6.25. The van der Waals surface area contributed by atoms with Crippen LogP contribution in [0.3, 0.4) is 0 Å². The fourth-order valence-corrected chi connectivity index (χ4v) is 1.35. The van der Waals surface area contributed by atoms with Crippen LogP contribution in [0.25, 0.3) is 0 Å². The Labute approximate surface area is 113 Å². The average molecular weight is 267 g/mol. The van der Waals surface area contributed by atoms with Crippen molar-refractivity contribution >= 4 is 11.6 Å². The van der Waals surface area contributed by atoms with Crippen molar-refractivity contribution in [3.05, 3.63) is 24.3 Å². The molecule has 1 rings (SSSR count). The van der Waals surface area contributed by atoms with E-state index in [4.69, 9.17) is 14.2 Å². The normalized spacial score (nSPS) is 10.5. The molecule has 0 aliphatic carbocycles. The van der Waals surface area contributed by atoms with E-state index in [0.29, 0.717) is 24.7 Å². The van der Waals surface area contributed by atoms with Gasteiger partial charge in [0.15, 0.2) is 0 Å². The lowest BCUT2D eigenvalue weighted by atomic mass is 10.3. The molecule has 0 atom stereocenters. The van der Waals surface area contributed by atoms with E-state index in [2.05, 4.69) is 5.32 Å². The van der Waals surface area contributed by atoms with Gasteiger partial charge in [-0.1, -0.05) is 6.07 Å². The molecular weight excluding hydrogens is 246 g/mol. The third-order valence-corrected chi connectivity index (χ3v) is 2.22. The van der Waals surface area contributed by atoms with Crippen LogP contribution in [-0.2, 0) is 14.3 Å². The summed E-state index contributed by atoms with van der Waals surface area (Å²) >= 11 is 0. The summed E-state index contributed by atoms with van der Waals surface area (Å²) in [6, 6.07) is 7.22. The Morgan fingerprint density at radius 3 is 2.79 bits per heavy atom. The zero-order valence-electron chi connectivity index (χ0n) is 11.6. The Bertz CT molecular complexity index is 393. The number of amides is 1. The molecular formula is C14H21NO4. The first-order valence-corrected chi connectivity index (χ1v) is 6.25. The molecule has 0 aliphatic rings. The Balaban J connectivity index is 2.45. The molecule has 0 fully saturated rings. The Morgan fingerprint density at radius 1 is 1.32 bits per heavy atom. The molecule has 106 valence electrons. The van der Waals surface area contributed by atoms with Crippen LogP contribution in [0.2, 0.25) is 0 Å². The number of rotatable bonds is 8. The molecule has 1 N–H and O–H groups in total. The fraction of sp³-hybridized carbons (Fsp3) is 0.500. The lowest BCUT2D eigenvalue weighted by Crippen LogP contribution is -2.20. The minimum Gasteiger partial charge on any atom is -0.491 e. The molecule has 1 aromatic rings. The zero-order chi connectivity index (χ0) is 14.1. The maximum Gasteiger partial charge on any atom is 0.250 e. The minimum absolute atomic E-state index is 0.0365. The summed E-state index contributed by atoms with van der Waals surface area (Å²) in [7, 11) is 1.62. The minimum atomic E-state index is -0.178. The van der Waals surface area contributed by atoms with E-state index in [-0.39, 0.29) is 18.6 Å². The number of hydrogen-bond acceptors (Lipinski definition) is 4. The zero-order valence-corrected chi connectivity index (χ0v) is 11.6. The molecule has 19 heavy (non-hydrogen) atoms. The first kappa shape index (κ1) is 15.5. The highest BCUT2D eigenvalue weighted by Crippen LogP contribution is 2.17. The molecule has 0 saturated heterocycles. The van der Waals surface area contributed by atoms with Crippen molar-refractivity contribution in [1.29, 1.82) is 0 Å². The van der Waals surface area contributed by atoms with Crippen LogP contribution in [0, 0.1) is 0 Å². The van der Waals surface area contributed by atoms with Gasteiger partial charge in [-0.05, 0) is 26.0 Å². The molecule has 0 aromatic heterocycles. The third-order valence-electron chi connectivity index (χ3n) is 2.22. The van der Waals surface area contributed by atoms with Gasteiger partial charge in [0.2, 0.25) is 5.91 Å². The van der Waals surface area contributed by atoms with Crippen molar-refractivity contribution in [3.8, 4) is 5.75 Å². The van der Waals surface area contributed by atoms with Crippen LogP contribution in [0.4, 0.5) is 5.69 Å². The van der Waals surface area contributed by atoms with Crippen molar-refractivity contribution in [3.63, 3.8) is 0 Å². The van der Waals surface area contributed by atoms with Crippen LogP contribution >= 0.6 is 0 Å². The monoisotopic (exact) mass is 267 g/mol. The van der Waals surface area contributed by atoms with Crippen molar-refractivity contribution in [1.82, 2.24) is 0 Å². The number of anilines is 1. The van der Waals surface area contributed by atoms with Gasteiger partial charge in [0.05, 0.1) is 12.7 Å². The summed E-state index contributed by atoms with van der Waals surface area (Å²) in [5.41, 5.74) is 0.687. The van der Waals surface area contributed by atoms with Crippen molar-refractivity contribution in [2.75, 3.05) is 32.2 Å². The molecule has 0 unspecified atom stereocenters. The molecule has 5 heteroatoms. The highest BCUT2D eigenvalue weighted by atomic mass is 16.5. The van der Waals surface area contributed by atoms with Crippen LogP contribution in [0.15, 0.2) is 24.3 Å². The molecule has 1 amide bonds. The topological polar surface area (TPSA) is 56.8 Å². The van der Waals surface area contributed by atoms with Crippen LogP contribution in [-0.4, -0.2) is 38.9 Å². The smallest absolute Gasteiger partial charge is 0.250 e. The second-order valence-electron chi connectivity index (χ2n) is 4.28. The van der Waals surface area contributed by atoms with Gasteiger partial charge < -0.3 is 19.5 Å². The number of hydrogen-bond donors (Lipinski definition) is 1. The average Bonchev–Trinajstić information content (AvgIpc) is 2.37. The van der Waals surface area contributed by atoms with Gasteiger partial charge in [-0.2, -0.15) is 0 Å². The summed E-state index contributed by atoms with van der Waals surface area (Å²) in [5.74, 6) is 0.516. The summed E-state index contributed by atoms with van der Waals surface area (Å²) in [6.45, 7) is 4.82. The summed E-state index contributed by atoms with van der Waals surface area (Å²) in [4.78, 5) is 11.6. The summed E-state index contributed by atoms with van der Waals surface area (Å²) in [6.07, 6.45) is 0.0365. The maximum atomic E-state index is 11.6. The second kappa shape index (κ2) is 8.50. The number of benzene rings is 1. The van der Waals surface area contributed by atoms with Gasteiger partial charge in [-0.3, -0.25) is 4.79 Å². The van der Waals surface area contributed by atoms with Gasteiger partial charge in [-0.25, -0.2) is 0 Å². The second-order valence-corrected chi connectivity index (χ2v) is 4.28. The van der Waals surface area contributed by atoms with E-state index in [0.717, 1.165) is 0 Å². The molecule has 0 spiro atoms. The first-order chi connectivity index (χ1) is 9.11. The Hall–Kier alpha value is -1.59. The maximum absolute atomic E-state index is 11.6. The number of carbonyl (C=O) groups excluding carboxylic acids is 1. The van der Waals surface area contributed by atoms with E-state index in [1.54, 1.807) is 19.2 Å². The number of ether oxygens (including phenoxy) is 3. The van der Waals surface area contributed by atoms with E-state index in [1.807, 2.05) is 26.0 Å².